The molecule has 2 fully saturated rings. The molecule has 2 amide bonds. The van der Waals surface area contributed by atoms with Crippen LogP contribution in [-0.2, 0) is 4.79 Å². The van der Waals surface area contributed by atoms with Crippen molar-refractivity contribution in [3.63, 3.8) is 0 Å². The van der Waals surface area contributed by atoms with Gasteiger partial charge in [-0.1, -0.05) is 0 Å². The fourth-order valence-electron chi connectivity index (χ4n) is 2.67. The van der Waals surface area contributed by atoms with Crippen molar-refractivity contribution in [2.24, 2.45) is 5.92 Å². The highest BCUT2D eigenvalue weighted by molar-refractivity contribution is 7.99. The molecule has 0 aliphatic carbocycles. The molecule has 0 bridgehead atoms. The zero-order valence-corrected chi connectivity index (χ0v) is 12.0. The Balaban J connectivity index is 1.67. The van der Waals surface area contributed by atoms with Crippen molar-refractivity contribution in [3.8, 4) is 0 Å². The molecule has 2 N–H and O–H groups in total. The monoisotopic (exact) mass is 286 g/mol. The van der Waals surface area contributed by atoms with E-state index in [0.717, 1.165) is 50.3 Å². The van der Waals surface area contributed by atoms with Crippen LogP contribution < -0.4 is 5.32 Å². The standard InChI is InChI=1S/C13H22N2O3S/c16-12(17)2-1-10-3-6-15(7-4-10)13(18)14-11-5-8-19-9-11/h10-11H,1-9H2,(H,14,18)(H,16,17). The lowest BCUT2D eigenvalue weighted by Gasteiger charge is -2.32. The summed E-state index contributed by atoms with van der Waals surface area (Å²) in [5, 5.41) is 11.8. The molecule has 0 aromatic carbocycles. The van der Waals surface area contributed by atoms with Gasteiger partial charge in [-0.05, 0) is 37.4 Å². The summed E-state index contributed by atoms with van der Waals surface area (Å²) in [6.45, 7) is 1.52. The second kappa shape index (κ2) is 7.03. The van der Waals surface area contributed by atoms with Crippen molar-refractivity contribution >= 4 is 23.8 Å². The van der Waals surface area contributed by atoms with Crippen LogP contribution in [0.5, 0.6) is 0 Å². The Morgan fingerprint density at radius 3 is 2.58 bits per heavy atom. The molecule has 0 radical (unpaired) electrons. The van der Waals surface area contributed by atoms with Crippen molar-refractivity contribution in [2.45, 2.75) is 38.1 Å². The van der Waals surface area contributed by atoms with Crippen molar-refractivity contribution < 1.29 is 14.7 Å². The maximum Gasteiger partial charge on any atom is 0.317 e. The van der Waals surface area contributed by atoms with Gasteiger partial charge in [0.2, 0.25) is 0 Å². The number of carbonyl (C=O) groups is 2. The minimum atomic E-state index is -0.723. The molecule has 0 saturated carbocycles. The van der Waals surface area contributed by atoms with Crippen LogP contribution in [0.4, 0.5) is 4.79 Å². The molecule has 1 unspecified atom stereocenters. The van der Waals surface area contributed by atoms with E-state index in [1.54, 1.807) is 0 Å². The molecular formula is C13H22N2O3S. The zero-order chi connectivity index (χ0) is 13.7. The molecule has 2 rings (SSSR count). The van der Waals surface area contributed by atoms with Gasteiger partial charge in [-0.25, -0.2) is 4.79 Å². The van der Waals surface area contributed by atoms with Crippen molar-refractivity contribution in [1.29, 1.82) is 0 Å². The highest BCUT2D eigenvalue weighted by atomic mass is 32.2. The summed E-state index contributed by atoms with van der Waals surface area (Å²) >= 11 is 1.89. The van der Waals surface area contributed by atoms with Crippen LogP contribution >= 0.6 is 11.8 Å². The van der Waals surface area contributed by atoms with Crippen LogP contribution in [0, 0.1) is 5.92 Å². The number of aliphatic carboxylic acids is 1. The van der Waals surface area contributed by atoms with Gasteiger partial charge in [-0.15, -0.1) is 0 Å². The van der Waals surface area contributed by atoms with E-state index in [4.69, 9.17) is 5.11 Å². The van der Waals surface area contributed by atoms with E-state index in [1.807, 2.05) is 16.7 Å². The number of hydrogen-bond donors (Lipinski definition) is 2. The van der Waals surface area contributed by atoms with Gasteiger partial charge in [-0.3, -0.25) is 4.79 Å². The average Bonchev–Trinajstić information content (AvgIpc) is 2.89. The van der Waals surface area contributed by atoms with Crippen LogP contribution in [0.25, 0.3) is 0 Å². The lowest BCUT2D eigenvalue weighted by molar-refractivity contribution is -0.137. The quantitative estimate of drug-likeness (QED) is 0.826. The Morgan fingerprint density at radius 2 is 2.00 bits per heavy atom. The van der Waals surface area contributed by atoms with Crippen molar-refractivity contribution in [1.82, 2.24) is 10.2 Å². The average molecular weight is 286 g/mol. The summed E-state index contributed by atoms with van der Waals surface area (Å²) in [6.07, 6.45) is 3.92. The number of rotatable bonds is 4. The van der Waals surface area contributed by atoms with E-state index in [9.17, 15) is 9.59 Å². The molecule has 19 heavy (non-hydrogen) atoms. The zero-order valence-electron chi connectivity index (χ0n) is 11.1. The van der Waals surface area contributed by atoms with Gasteiger partial charge in [0, 0.05) is 31.3 Å². The summed E-state index contributed by atoms with van der Waals surface area (Å²) in [7, 11) is 0. The van der Waals surface area contributed by atoms with E-state index in [0.29, 0.717) is 12.0 Å². The molecule has 5 nitrogen and oxygen atoms in total. The third-order valence-electron chi connectivity index (χ3n) is 3.93. The maximum atomic E-state index is 12.0. The lowest BCUT2D eigenvalue weighted by atomic mass is 9.92. The van der Waals surface area contributed by atoms with Crippen LogP contribution in [0.1, 0.15) is 32.1 Å². The maximum absolute atomic E-state index is 12.0. The third kappa shape index (κ3) is 4.60. The fraction of sp³-hybridized carbons (Fsp3) is 0.846. The molecule has 0 aromatic rings. The summed E-state index contributed by atoms with van der Waals surface area (Å²) in [5.74, 6) is 1.91. The smallest absolute Gasteiger partial charge is 0.317 e. The van der Waals surface area contributed by atoms with E-state index in [2.05, 4.69) is 5.32 Å². The van der Waals surface area contributed by atoms with E-state index in [1.165, 1.54) is 0 Å². The van der Waals surface area contributed by atoms with Gasteiger partial charge >= 0.3 is 12.0 Å². The first-order valence-electron chi connectivity index (χ1n) is 7.00. The number of thioether (sulfide) groups is 1. The SMILES string of the molecule is O=C(O)CCC1CCN(C(=O)NC2CCSC2)CC1. The van der Waals surface area contributed by atoms with Crippen LogP contribution in [-0.4, -0.2) is 52.6 Å². The summed E-state index contributed by atoms with van der Waals surface area (Å²) in [5.41, 5.74) is 0. The van der Waals surface area contributed by atoms with E-state index >= 15 is 0 Å². The van der Waals surface area contributed by atoms with Gasteiger partial charge in [0.05, 0.1) is 0 Å². The van der Waals surface area contributed by atoms with Gasteiger partial charge in [-0.2, -0.15) is 11.8 Å². The Hall–Kier alpha value is -0.910. The van der Waals surface area contributed by atoms with Crippen molar-refractivity contribution in [2.75, 3.05) is 24.6 Å². The molecule has 1 atom stereocenters. The van der Waals surface area contributed by atoms with Crippen LogP contribution in [0.3, 0.4) is 0 Å². The topological polar surface area (TPSA) is 69.6 Å². The highest BCUT2D eigenvalue weighted by Gasteiger charge is 2.25. The van der Waals surface area contributed by atoms with Crippen LogP contribution in [0.15, 0.2) is 0 Å². The first kappa shape index (κ1) is 14.5. The number of likely N-dealkylation sites (tertiary alicyclic amines) is 1. The van der Waals surface area contributed by atoms with E-state index < -0.39 is 5.97 Å². The Kier molecular flexibility index (Phi) is 5.36. The fourth-order valence-corrected chi connectivity index (χ4v) is 3.82. The minimum Gasteiger partial charge on any atom is -0.481 e. The molecule has 2 heterocycles. The van der Waals surface area contributed by atoms with E-state index in [-0.39, 0.29) is 12.5 Å². The van der Waals surface area contributed by atoms with Gasteiger partial charge in [0.1, 0.15) is 0 Å². The molecule has 108 valence electrons. The first-order valence-corrected chi connectivity index (χ1v) is 8.15. The predicted octanol–water partition coefficient (Wildman–Crippen LogP) is 1.78. The molecule has 2 aliphatic rings. The van der Waals surface area contributed by atoms with Crippen LogP contribution in [0.2, 0.25) is 0 Å². The number of carboxylic acids is 1. The Morgan fingerprint density at radius 1 is 1.26 bits per heavy atom. The van der Waals surface area contributed by atoms with Gasteiger partial charge in [0.15, 0.2) is 0 Å². The number of carbonyl (C=O) groups excluding carboxylic acids is 1. The Labute approximate surface area is 118 Å². The first-order chi connectivity index (χ1) is 9.15. The molecular weight excluding hydrogens is 264 g/mol. The minimum absolute atomic E-state index is 0.0594. The molecule has 2 saturated heterocycles. The number of amides is 2. The molecule has 0 aromatic heterocycles. The highest BCUT2D eigenvalue weighted by Crippen LogP contribution is 2.22. The number of nitrogens with zero attached hydrogens (tertiary/aromatic N) is 1. The van der Waals surface area contributed by atoms with Crippen molar-refractivity contribution in [3.05, 3.63) is 0 Å². The largest absolute Gasteiger partial charge is 0.481 e. The Bertz CT molecular complexity index is 324. The number of urea groups is 1. The second-order valence-electron chi connectivity index (χ2n) is 5.37. The molecule has 6 heteroatoms. The predicted molar refractivity (Wildman–Crippen MR) is 75.4 cm³/mol. The number of carboxylic acid groups (broad SMARTS) is 1. The molecule has 0 spiro atoms. The number of nitrogens with one attached hydrogen (secondary N) is 1. The lowest BCUT2D eigenvalue weighted by Crippen LogP contribution is -2.48. The third-order valence-corrected chi connectivity index (χ3v) is 5.09. The molecule has 2 aliphatic heterocycles. The number of hydrogen-bond acceptors (Lipinski definition) is 3. The normalized spacial score (nSPS) is 24.4. The summed E-state index contributed by atoms with van der Waals surface area (Å²) in [4.78, 5) is 24.4. The number of piperidine rings is 1. The van der Waals surface area contributed by atoms with Gasteiger partial charge < -0.3 is 15.3 Å². The van der Waals surface area contributed by atoms with Gasteiger partial charge in [0.25, 0.3) is 0 Å². The summed E-state index contributed by atoms with van der Waals surface area (Å²) < 4.78 is 0. The second-order valence-corrected chi connectivity index (χ2v) is 6.52. The summed E-state index contributed by atoms with van der Waals surface area (Å²) in [6, 6.07) is 0.395.